The van der Waals surface area contributed by atoms with Crippen molar-refractivity contribution in [2.45, 2.75) is 6.92 Å². The van der Waals surface area contributed by atoms with Gasteiger partial charge in [-0.25, -0.2) is 0 Å². The van der Waals surface area contributed by atoms with E-state index in [0.29, 0.717) is 0 Å². The summed E-state index contributed by atoms with van der Waals surface area (Å²) in [6, 6.07) is 14.4. The average molecular weight is 296 g/mol. The second-order valence-corrected chi connectivity index (χ2v) is 5.93. The van der Waals surface area contributed by atoms with Crippen LogP contribution in [-0.2, 0) is 0 Å². The molecule has 0 saturated heterocycles. The topological polar surface area (TPSA) is 23.6 Å². The zero-order valence-electron chi connectivity index (χ0n) is 13.8. The Morgan fingerprint density at radius 2 is 1.73 bits per heavy atom. The van der Waals surface area contributed by atoms with Crippen molar-refractivity contribution in [2.75, 3.05) is 39.1 Å². The van der Waals surface area contributed by atoms with E-state index in [1.54, 1.807) is 0 Å². The van der Waals surface area contributed by atoms with Gasteiger partial charge >= 0.3 is 0 Å². The van der Waals surface area contributed by atoms with Crippen molar-refractivity contribution in [3.05, 3.63) is 53.6 Å². The third-order valence-electron chi connectivity index (χ3n) is 3.90. The van der Waals surface area contributed by atoms with Gasteiger partial charge in [0.05, 0.1) is 0 Å². The van der Waals surface area contributed by atoms with Gasteiger partial charge in [-0.05, 0) is 49.8 Å². The highest BCUT2D eigenvalue weighted by atomic mass is 16.1. The minimum absolute atomic E-state index is 0.738. The van der Waals surface area contributed by atoms with Crippen molar-refractivity contribution >= 4 is 12.0 Å². The lowest BCUT2D eigenvalue weighted by molar-refractivity contribution is 0.112. The molecule has 2 aromatic rings. The summed E-state index contributed by atoms with van der Waals surface area (Å²) in [6.07, 6.45) is 0.948. The van der Waals surface area contributed by atoms with E-state index in [2.05, 4.69) is 49.0 Å². The fourth-order valence-corrected chi connectivity index (χ4v) is 2.53. The third kappa shape index (κ3) is 3.74. The summed E-state index contributed by atoms with van der Waals surface area (Å²) in [5.74, 6) is 0. The van der Waals surface area contributed by atoms with E-state index in [9.17, 15) is 4.79 Å². The summed E-state index contributed by atoms with van der Waals surface area (Å²) < 4.78 is 0. The van der Waals surface area contributed by atoms with Crippen molar-refractivity contribution in [3.63, 3.8) is 0 Å². The van der Waals surface area contributed by atoms with Gasteiger partial charge in [-0.15, -0.1) is 0 Å². The number of aryl methyl sites for hydroxylation is 1. The molecule has 2 aromatic carbocycles. The molecule has 0 N–H and O–H groups in total. The highest BCUT2D eigenvalue weighted by Crippen LogP contribution is 2.28. The van der Waals surface area contributed by atoms with Crippen molar-refractivity contribution < 1.29 is 4.79 Å². The molecule has 0 aromatic heterocycles. The quantitative estimate of drug-likeness (QED) is 0.763. The van der Waals surface area contributed by atoms with Gasteiger partial charge in [0.25, 0.3) is 0 Å². The first-order valence-electron chi connectivity index (χ1n) is 7.54. The number of nitrogens with zero attached hydrogens (tertiary/aromatic N) is 2. The molecule has 0 saturated carbocycles. The predicted octanol–water partition coefficient (Wildman–Crippen LogP) is 3.47. The molecule has 0 spiro atoms. The molecule has 0 aliphatic rings. The van der Waals surface area contributed by atoms with Gasteiger partial charge in [-0.3, -0.25) is 4.79 Å². The van der Waals surface area contributed by atoms with Gasteiger partial charge in [0.2, 0.25) is 0 Å². The Hall–Kier alpha value is -2.13. The Kier molecular flexibility index (Phi) is 5.34. The average Bonchev–Trinajstić information content (AvgIpc) is 2.52. The molecule has 2 rings (SSSR count). The molecule has 3 nitrogen and oxygen atoms in total. The van der Waals surface area contributed by atoms with Gasteiger partial charge in [0, 0.05) is 31.4 Å². The molecule has 0 radical (unpaired) electrons. The lowest BCUT2D eigenvalue weighted by Gasteiger charge is -2.23. The highest BCUT2D eigenvalue weighted by molar-refractivity contribution is 5.88. The lowest BCUT2D eigenvalue weighted by atomic mass is 9.98. The van der Waals surface area contributed by atoms with Crippen LogP contribution < -0.4 is 4.90 Å². The first kappa shape index (κ1) is 16.2. The van der Waals surface area contributed by atoms with Crippen molar-refractivity contribution in [1.29, 1.82) is 0 Å². The molecule has 0 aliphatic carbocycles. The van der Waals surface area contributed by atoms with Crippen LogP contribution in [-0.4, -0.2) is 45.4 Å². The zero-order valence-corrected chi connectivity index (χ0v) is 13.8. The second kappa shape index (κ2) is 7.23. The van der Waals surface area contributed by atoms with Crippen LogP contribution >= 0.6 is 0 Å². The Bertz CT molecular complexity index is 650. The molecule has 0 aliphatic heterocycles. The summed E-state index contributed by atoms with van der Waals surface area (Å²) in [6.45, 7) is 3.93. The Labute approximate surface area is 133 Å². The maximum atomic E-state index is 11.5. The number of benzene rings is 2. The van der Waals surface area contributed by atoms with Crippen LogP contribution in [0, 0.1) is 6.92 Å². The standard InChI is InChI=1S/C19H24N2O/c1-15-7-5-6-8-18(15)16-9-10-19(17(13-16)14-22)21(4)12-11-20(2)3/h5-10,13-14H,11-12H2,1-4H3. The number of rotatable bonds is 6. The number of anilines is 1. The van der Waals surface area contributed by atoms with E-state index in [1.165, 1.54) is 11.1 Å². The highest BCUT2D eigenvalue weighted by Gasteiger charge is 2.10. The number of carbonyl (C=O) groups excluding carboxylic acids is 1. The maximum Gasteiger partial charge on any atom is 0.152 e. The first-order valence-corrected chi connectivity index (χ1v) is 7.54. The Morgan fingerprint density at radius 3 is 2.36 bits per heavy atom. The van der Waals surface area contributed by atoms with E-state index >= 15 is 0 Å². The minimum atomic E-state index is 0.738. The van der Waals surface area contributed by atoms with Crippen LogP contribution in [0.2, 0.25) is 0 Å². The summed E-state index contributed by atoms with van der Waals surface area (Å²) in [5.41, 5.74) is 5.20. The molecule has 0 fully saturated rings. The summed E-state index contributed by atoms with van der Waals surface area (Å²) in [7, 11) is 6.13. The van der Waals surface area contributed by atoms with Crippen LogP contribution in [0.1, 0.15) is 15.9 Å². The summed E-state index contributed by atoms with van der Waals surface area (Å²) >= 11 is 0. The minimum Gasteiger partial charge on any atom is -0.373 e. The summed E-state index contributed by atoms with van der Waals surface area (Å²) in [5, 5.41) is 0. The molecule has 3 heteroatoms. The van der Waals surface area contributed by atoms with E-state index < -0.39 is 0 Å². The zero-order chi connectivity index (χ0) is 16.1. The second-order valence-electron chi connectivity index (χ2n) is 5.93. The van der Waals surface area contributed by atoms with Crippen LogP contribution in [0.4, 0.5) is 5.69 Å². The van der Waals surface area contributed by atoms with Crippen molar-refractivity contribution in [1.82, 2.24) is 4.90 Å². The van der Waals surface area contributed by atoms with Crippen molar-refractivity contribution in [2.24, 2.45) is 0 Å². The molecule has 22 heavy (non-hydrogen) atoms. The van der Waals surface area contributed by atoms with Crippen LogP contribution in [0.3, 0.4) is 0 Å². The number of carbonyl (C=O) groups is 1. The molecule has 0 unspecified atom stereocenters. The van der Waals surface area contributed by atoms with Crippen LogP contribution in [0.5, 0.6) is 0 Å². The van der Waals surface area contributed by atoms with Crippen LogP contribution in [0.25, 0.3) is 11.1 Å². The Morgan fingerprint density at radius 1 is 1.00 bits per heavy atom. The lowest BCUT2D eigenvalue weighted by Crippen LogP contribution is -2.29. The largest absolute Gasteiger partial charge is 0.373 e. The van der Waals surface area contributed by atoms with Gasteiger partial charge < -0.3 is 9.80 Å². The van der Waals surface area contributed by atoms with Gasteiger partial charge in [0.15, 0.2) is 6.29 Å². The van der Waals surface area contributed by atoms with Crippen molar-refractivity contribution in [3.8, 4) is 11.1 Å². The van der Waals surface area contributed by atoms with Gasteiger partial charge in [-0.2, -0.15) is 0 Å². The fourth-order valence-electron chi connectivity index (χ4n) is 2.53. The monoisotopic (exact) mass is 296 g/mol. The molecular formula is C19H24N2O. The van der Waals surface area contributed by atoms with E-state index in [-0.39, 0.29) is 0 Å². The predicted molar refractivity (Wildman–Crippen MR) is 93.8 cm³/mol. The maximum absolute atomic E-state index is 11.5. The Balaban J connectivity index is 2.32. The normalized spacial score (nSPS) is 10.8. The SMILES string of the molecule is Cc1ccccc1-c1ccc(N(C)CCN(C)C)c(C=O)c1. The van der Waals surface area contributed by atoms with E-state index in [1.807, 2.05) is 31.3 Å². The van der Waals surface area contributed by atoms with Gasteiger partial charge in [0.1, 0.15) is 0 Å². The number of aldehydes is 1. The molecule has 0 amide bonds. The molecule has 0 heterocycles. The molecular weight excluding hydrogens is 272 g/mol. The first-order chi connectivity index (χ1) is 10.5. The van der Waals surface area contributed by atoms with E-state index in [0.717, 1.165) is 36.2 Å². The number of hydrogen-bond donors (Lipinski definition) is 0. The number of likely N-dealkylation sites (N-methyl/N-ethyl adjacent to an activating group) is 2. The van der Waals surface area contributed by atoms with E-state index in [4.69, 9.17) is 0 Å². The fraction of sp³-hybridized carbons (Fsp3) is 0.316. The summed E-state index contributed by atoms with van der Waals surface area (Å²) in [4.78, 5) is 15.8. The molecule has 116 valence electrons. The van der Waals surface area contributed by atoms with Gasteiger partial charge in [-0.1, -0.05) is 30.3 Å². The molecule has 0 bridgehead atoms. The smallest absolute Gasteiger partial charge is 0.152 e. The molecule has 0 atom stereocenters. The number of hydrogen-bond acceptors (Lipinski definition) is 3. The van der Waals surface area contributed by atoms with Crippen LogP contribution in [0.15, 0.2) is 42.5 Å². The third-order valence-corrected chi connectivity index (χ3v) is 3.90.